The van der Waals surface area contributed by atoms with Crippen LogP contribution in [0.2, 0.25) is 10.0 Å². The molecule has 14 nitrogen and oxygen atoms in total. The van der Waals surface area contributed by atoms with E-state index in [2.05, 4.69) is 41.7 Å². The van der Waals surface area contributed by atoms with Gasteiger partial charge in [-0.15, -0.1) is 34.8 Å². The van der Waals surface area contributed by atoms with Crippen LogP contribution in [-0.4, -0.2) is 47.3 Å². The van der Waals surface area contributed by atoms with E-state index in [-0.39, 0.29) is 61.6 Å². The molecular formula is C43H35Cl5N8O6. The van der Waals surface area contributed by atoms with E-state index >= 15 is 0 Å². The average molecular weight is 937 g/mol. The van der Waals surface area contributed by atoms with Crippen molar-refractivity contribution in [2.45, 2.75) is 43.6 Å². The van der Waals surface area contributed by atoms with Gasteiger partial charge in [0.25, 0.3) is 23.6 Å². The zero-order chi connectivity index (χ0) is 44.9. The van der Waals surface area contributed by atoms with Crippen molar-refractivity contribution in [2.75, 3.05) is 21.3 Å². The topological polar surface area (TPSA) is 200 Å². The van der Waals surface area contributed by atoms with Crippen LogP contribution in [0.3, 0.4) is 0 Å². The quantitative estimate of drug-likeness (QED) is 0.0406. The number of rotatable bonds is 17. The molecule has 62 heavy (non-hydrogen) atoms. The molecule has 4 N–H and O–H groups in total. The Hall–Kier alpha value is -6.03. The van der Waals surface area contributed by atoms with Crippen LogP contribution in [0.4, 0.5) is 34.1 Å². The van der Waals surface area contributed by atoms with Crippen molar-refractivity contribution in [3.63, 3.8) is 0 Å². The maximum Gasteiger partial charge on any atom is 0.258 e. The van der Waals surface area contributed by atoms with Gasteiger partial charge in [0.15, 0.2) is 11.6 Å². The molecule has 2 atom stereocenters. The third-order valence-electron chi connectivity index (χ3n) is 8.73. The summed E-state index contributed by atoms with van der Waals surface area (Å²) in [7, 11) is 0. The van der Waals surface area contributed by atoms with Crippen LogP contribution in [-0.2, 0) is 36.8 Å². The number of carbonyl (C=O) groups is 6. The van der Waals surface area contributed by atoms with E-state index in [4.69, 9.17) is 58.0 Å². The van der Waals surface area contributed by atoms with Gasteiger partial charge in [0.2, 0.25) is 12.1 Å². The highest BCUT2D eigenvalue weighted by molar-refractivity contribution is 6.32. The van der Waals surface area contributed by atoms with Crippen molar-refractivity contribution in [1.29, 1.82) is 0 Å². The first-order valence-corrected chi connectivity index (χ1v) is 20.7. The van der Waals surface area contributed by atoms with Gasteiger partial charge in [0.1, 0.15) is 0 Å². The number of hydrogen-bond acceptors (Lipinski definition) is 10. The van der Waals surface area contributed by atoms with E-state index in [9.17, 15) is 28.8 Å². The summed E-state index contributed by atoms with van der Waals surface area (Å²) in [5.74, 6) is -3.77. The molecule has 19 heteroatoms. The van der Waals surface area contributed by atoms with Crippen molar-refractivity contribution in [3.8, 4) is 0 Å². The predicted molar refractivity (Wildman–Crippen MR) is 242 cm³/mol. The monoisotopic (exact) mass is 934 g/mol. The second-order valence-corrected chi connectivity index (χ2v) is 15.0. The molecular weight excluding hydrogens is 902 g/mol. The summed E-state index contributed by atoms with van der Waals surface area (Å²) in [5.41, 5.74) is 3.63. The maximum absolute atomic E-state index is 13.4. The Balaban J connectivity index is 1.26. The molecule has 0 radical (unpaired) electrons. The number of amides is 4. The van der Waals surface area contributed by atoms with Crippen molar-refractivity contribution in [2.24, 2.45) is 20.5 Å². The number of hydrogen-bond donors (Lipinski definition) is 4. The second-order valence-electron chi connectivity index (χ2n) is 13.3. The van der Waals surface area contributed by atoms with Gasteiger partial charge < -0.3 is 21.3 Å². The molecule has 5 rings (SSSR count). The number of nitrogens with one attached hydrogen (secondary N) is 4. The van der Waals surface area contributed by atoms with Crippen molar-refractivity contribution >= 4 is 127 Å². The maximum atomic E-state index is 13.4. The van der Waals surface area contributed by atoms with Crippen LogP contribution in [0.5, 0.6) is 0 Å². The number of Topliss-reactive ketones (excluding diaryl/α,β-unsaturated/α-hetero) is 2. The minimum absolute atomic E-state index is 0.0994. The number of halogens is 5. The summed E-state index contributed by atoms with van der Waals surface area (Å²) in [4.78, 5) is 77.9. The molecule has 0 spiro atoms. The van der Waals surface area contributed by atoms with Crippen molar-refractivity contribution in [1.82, 2.24) is 0 Å². The van der Waals surface area contributed by atoms with Crippen LogP contribution < -0.4 is 21.3 Å². The SMILES string of the molecule is CC(=O)C(N=Nc1cc(Cl)cc(C(=O)Nc2ccccc2CCl)c1)C(=O)Nc1ccc(NC(=O)C(N=Nc2cc(Cl)cc(C(=O)Nc3ccccc3CCl)c2)C(C)=O)c(CCl)c1. The third-order valence-corrected chi connectivity index (χ3v) is 10.0. The van der Waals surface area contributed by atoms with Crippen LogP contribution in [0.15, 0.2) is 124 Å². The summed E-state index contributed by atoms with van der Waals surface area (Å²) in [6.45, 7) is 2.32. The van der Waals surface area contributed by atoms with Gasteiger partial charge in [-0.05, 0) is 97.3 Å². The van der Waals surface area contributed by atoms with Gasteiger partial charge in [-0.2, -0.15) is 20.5 Å². The lowest BCUT2D eigenvalue weighted by atomic mass is 10.1. The summed E-state index contributed by atoms with van der Waals surface area (Å²) in [6, 6.07) is 23.5. The smallest absolute Gasteiger partial charge is 0.258 e. The fourth-order valence-electron chi connectivity index (χ4n) is 5.63. The van der Waals surface area contributed by atoms with Gasteiger partial charge in [-0.1, -0.05) is 59.6 Å². The number of para-hydroxylation sites is 2. The molecule has 5 aromatic carbocycles. The van der Waals surface area contributed by atoms with E-state index in [0.717, 1.165) is 13.8 Å². The Morgan fingerprint density at radius 1 is 0.500 bits per heavy atom. The number of benzene rings is 5. The first kappa shape index (κ1) is 47.0. The van der Waals surface area contributed by atoms with Gasteiger partial charge in [-0.3, -0.25) is 28.8 Å². The molecule has 0 aliphatic rings. The molecule has 0 aliphatic heterocycles. The molecule has 0 aromatic heterocycles. The van der Waals surface area contributed by atoms with Gasteiger partial charge >= 0.3 is 0 Å². The lowest BCUT2D eigenvalue weighted by molar-refractivity contribution is -0.127. The van der Waals surface area contributed by atoms with Crippen LogP contribution in [0.1, 0.15) is 51.3 Å². The molecule has 4 amide bonds. The highest BCUT2D eigenvalue weighted by atomic mass is 35.5. The van der Waals surface area contributed by atoms with Crippen LogP contribution in [0, 0.1) is 0 Å². The van der Waals surface area contributed by atoms with Crippen molar-refractivity contribution < 1.29 is 28.8 Å². The Morgan fingerprint density at radius 3 is 1.35 bits per heavy atom. The zero-order valence-electron chi connectivity index (χ0n) is 32.7. The second kappa shape index (κ2) is 22.2. The highest BCUT2D eigenvalue weighted by Crippen LogP contribution is 2.28. The molecule has 0 heterocycles. The van der Waals surface area contributed by atoms with E-state index in [1.165, 1.54) is 54.6 Å². The predicted octanol–water partition coefficient (Wildman–Crippen LogP) is 11.1. The Kier molecular flexibility index (Phi) is 16.8. The normalized spacial score (nSPS) is 12.1. The number of nitrogens with zero attached hydrogens (tertiary/aromatic N) is 4. The largest absolute Gasteiger partial charge is 0.324 e. The molecule has 0 fully saturated rings. The molecule has 5 aromatic rings. The molecule has 2 unspecified atom stereocenters. The van der Waals surface area contributed by atoms with Gasteiger partial charge in [0.05, 0.1) is 11.4 Å². The Labute approximate surface area is 380 Å². The molecule has 0 aliphatic carbocycles. The number of azo groups is 2. The zero-order valence-corrected chi connectivity index (χ0v) is 36.5. The van der Waals surface area contributed by atoms with Crippen molar-refractivity contribution in [3.05, 3.63) is 141 Å². The first-order valence-electron chi connectivity index (χ1n) is 18.3. The minimum Gasteiger partial charge on any atom is -0.324 e. The lowest BCUT2D eigenvalue weighted by Gasteiger charge is -2.15. The summed E-state index contributed by atoms with van der Waals surface area (Å²) >= 11 is 30.7. The van der Waals surface area contributed by atoms with E-state index in [1.54, 1.807) is 48.5 Å². The summed E-state index contributed by atoms with van der Waals surface area (Å²) in [6.07, 6.45) is 0. The molecule has 0 saturated heterocycles. The van der Waals surface area contributed by atoms with Crippen LogP contribution >= 0.6 is 58.0 Å². The third kappa shape index (κ3) is 12.8. The Bertz CT molecular complexity index is 2610. The first-order chi connectivity index (χ1) is 29.7. The molecule has 0 bridgehead atoms. The molecule has 318 valence electrons. The fraction of sp³-hybridized carbons (Fsp3) is 0.163. The van der Waals surface area contributed by atoms with Crippen LogP contribution in [0.25, 0.3) is 0 Å². The van der Waals surface area contributed by atoms with Gasteiger partial charge in [0, 0.05) is 61.6 Å². The lowest BCUT2D eigenvalue weighted by Crippen LogP contribution is -2.32. The Morgan fingerprint density at radius 2 is 0.919 bits per heavy atom. The van der Waals surface area contributed by atoms with E-state index < -0.39 is 47.3 Å². The highest BCUT2D eigenvalue weighted by Gasteiger charge is 2.26. The van der Waals surface area contributed by atoms with E-state index in [0.29, 0.717) is 28.1 Å². The molecule has 0 saturated carbocycles. The number of anilines is 4. The average Bonchev–Trinajstić information content (AvgIpc) is 3.24. The summed E-state index contributed by atoms with van der Waals surface area (Å²) < 4.78 is 0. The fourth-order valence-corrected chi connectivity index (χ4v) is 6.78. The number of ketones is 2. The summed E-state index contributed by atoms with van der Waals surface area (Å²) in [5, 5.41) is 27.0. The van der Waals surface area contributed by atoms with E-state index in [1.807, 2.05) is 0 Å². The standard InChI is InChI=1S/C43H35Cl5N8O6/c1-23(57)38(55-53-33-15-27(13-30(47)18-33)40(59)50-35-9-5-3-7-25(35)20-44)42(61)49-32-11-12-37(29(17-32)22-46)52-43(62)39(24(2)58)56-54-34-16-28(14-31(48)19-34)41(60)51-36-10-6-4-8-26(36)21-45/h3-19,38-39H,20-22H2,1-2H3,(H,49,61)(H,50,59)(H,51,60)(H,52,62). The number of alkyl halides is 3. The van der Waals surface area contributed by atoms with Gasteiger partial charge in [-0.25, -0.2) is 0 Å². The minimum atomic E-state index is -1.61. The number of carbonyl (C=O) groups excluding carboxylic acids is 6.